The van der Waals surface area contributed by atoms with E-state index in [1.807, 2.05) is 36.4 Å². The van der Waals surface area contributed by atoms with Gasteiger partial charge in [0.1, 0.15) is 40.8 Å². The maximum Gasteiger partial charge on any atom is 0.408 e. The molecule has 4 aromatic rings. The number of alkyl carbamates (subject to hydrolysis) is 1. The summed E-state index contributed by atoms with van der Waals surface area (Å²) in [5.41, 5.74) is -0.517. The minimum absolute atomic E-state index is 0.0311. The summed E-state index contributed by atoms with van der Waals surface area (Å²) in [5, 5.41) is 6.09. The molecule has 5 atom stereocenters. The van der Waals surface area contributed by atoms with E-state index in [1.54, 1.807) is 52.1 Å². The third-order valence-corrected chi connectivity index (χ3v) is 18.1. The molecule has 1 saturated heterocycles. The summed E-state index contributed by atoms with van der Waals surface area (Å²) in [7, 11) is -5.04. The van der Waals surface area contributed by atoms with Crippen LogP contribution < -0.4 is 24.8 Å². The second kappa shape index (κ2) is 19.0. The molecule has 17 heteroatoms. The second-order valence-corrected chi connectivity index (χ2v) is 25.6. The molecular formula is C48H61N5O10SSi. The molecule has 65 heavy (non-hydrogen) atoms. The fourth-order valence-electron chi connectivity index (χ4n) is 7.48. The molecule has 2 aliphatic rings. The molecule has 0 unspecified atom stereocenters. The lowest BCUT2D eigenvalue weighted by molar-refractivity contribution is -0.141. The van der Waals surface area contributed by atoms with Gasteiger partial charge in [-0.15, -0.1) is 6.58 Å². The zero-order valence-electron chi connectivity index (χ0n) is 38.6. The molecule has 2 heterocycles. The van der Waals surface area contributed by atoms with E-state index in [-0.39, 0.29) is 42.3 Å². The van der Waals surface area contributed by atoms with Gasteiger partial charge in [0, 0.05) is 42.0 Å². The van der Waals surface area contributed by atoms with E-state index in [2.05, 4.69) is 55.8 Å². The number of nitrogens with one attached hydrogen (secondary N) is 3. The standard InChI is InChI=1S/C48H61N5O10SSi/c1-11-32-29-48(32,44(56)52-64(58,59)35-20-16-13-17-21-35)51-42(54)40-27-34(62-41-28-38(31-18-14-12-15-19-31)49-39-26-33(60-8)22-23-36(39)41)30-53(40)43(55)37(50-45(57)63-46(2,3)4)24-25-61-65(9,10)47(5,6)7/h11-23,26,28,32,34,37,40H,1,24-25,27,29-30H2,2-10H3,(H,50,57)(H,51,54)(H,52,56)/t32-,34-,37+,40+,48-/m1/s1. The number of aromatic nitrogens is 1. The Bertz CT molecular complexity index is 2530. The van der Waals surface area contributed by atoms with Crippen molar-refractivity contribution in [3.63, 3.8) is 0 Å². The van der Waals surface area contributed by atoms with E-state index in [0.29, 0.717) is 28.1 Å². The van der Waals surface area contributed by atoms with Crippen LogP contribution in [0.25, 0.3) is 22.2 Å². The van der Waals surface area contributed by atoms with Gasteiger partial charge in [-0.25, -0.2) is 22.9 Å². The van der Waals surface area contributed by atoms with Gasteiger partial charge in [0.25, 0.3) is 15.9 Å². The van der Waals surface area contributed by atoms with Crippen molar-refractivity contribution in [1.29, 1.82) is 0 Å². The predicted octanol–water partition coefficient (Wildman–Crippen LogP) is 7.13. The van der Waals surface area contributed by atoms with Gasteiger partial charge < -0.3 is 34.2 Å². The van der Waals surface area contributed by atoms with Crippen LogP contribution in [0.1, 0.15) is 60.8 Å². The lowest BCUT2D eigenvalue weighted by atomic mass is 10.1. The molecule has 348 valence electrons. The van der Waals surface area contributed by atoms with Crippen molar-refractivity contribution >= 4 is 53.1 Å². The van der Waals surface area contributed by atoms with E-state index >= 15 is 0 Å². The largest absolute Gasteiger partial charge is 0.497 e. The maximum atomic E-state index is 15.0. The summed E-state index contributed by atoms with van der Waals surface area (Å²) < 4.78 is 53.0. The van der Waals surface area contributed by atoms with Gasteiger partial charge in [0.05, 0.1) is 29.8 Å². The molecule has 1 aliphatic heterocycles. The topological polar surface area (TPSA) is 192 Å². The highest BCUT2D eigenvalue weighted by atomic mass is 32.2. The number of fused-ring (bicyclic) bond motifs is 1. The van der Waals surface area contributed by atoms with Gasteiger partial charge in [0.2, 0.25) is 11.8 Å². The highest BCUT2D eigenvalue weighted by Gasteiger charge is 2.61. The van der Waals surface area contributed by atoms with E-state index in [4.69, 9.17) is 23.6 Å². The first-order valence-corrected chi connectivity index (χ1v) is 26.1. The van der Waals surface area contributed by atoms with Gasteiger partial charge >= 0.3 is 6.09 Å². The Kier molecular flexibility index (Phi) is 14.2. The van der Waals surface area contributed by atoms with Gasteiger partial charge in [-0.3, -0.25) is 14.4 Å². The second-order valence-electron chi connectivity index (χ2n) is 19.1. The minimum atomic E-state index is -4.31. The summed E-state index contributed by atoms with van der Waals surface area (Å²) in [6.07, 6.45) is -0.0341. The summed E-state index contributed by atoms with van der Waals surface area (Å²) in [6.45, 7) is 19.4. The van der Waals surface area contributed by atoms with E-state index < -0.39 is 77.4 Å². The zero-order chi connectivity index (χ0) is 47.5. The number of benzene rings is 3. The molecule has 6 rings (SSSR count). The Morgan fingerprint density at radius 2 is 1.63 bits per heavy atom. The van der Waals surface area contributed by atoms with Crippen molar-refractivity contribution in [3.05, 3.63) is 97.6 Å². The van der Waals surface area contributed by atoms with Crippen molar-refractivity contribution in [2.24, 2.45) is 5.92 Å². The molecule has 1 aliphatic carbocycles. The number of hydrogen-bond donors (Lipinski definition) is 3. The molecule has 4 amide bonds. The van der Waals surface area contributed by atoms with Crippen LogP contribution in [0.15, 0.2) is 102 Å². The molecule has 2 fully saturated rings. The number of carbonyl (C=O) groups excluding carboxylic acids is 4. The van der Waals surface area contributed by atoms with Gasteiger partial charge in [0.15, 0.2) is 8.32 Å². The molecule has 15 nitrogen and oxygen atoms in total. The molecule has 1 aromatic heterocycles. The highest BCUT2D eigenvalue weighted by Crippen LogP contribution is 2.45. The highest BCUT2D eigenvalue weighted by molar-refractivity contribution is 7.90. The fourth-order valence-corrected chi connectivity index (χ4v) is 9.60. The summed E-state index contributed by atoms with van der Waals surface area (Å²) >= 11 is 0. The van der Waals surface area contributed by atoms with E-state index in [9.17, 15) is 27.6 Å². The number of ether oxygens (including phenoxy) is 3. The molecule has 1 saturated carbocycles. The van der Waals surface area contributed by atoms with Crippen LogP contribution in [0.4, 0.5) is 4.79 Å². The smallest absolute Gasteiger partial charge is 0.408 e. The quantitative estimate of drug-likeness (QED) is 0.0765. The van der Waals surface area contributed by atoms with Crippen molar-refractivity contribution in [1.82, 2.24) is 25.2 Å². The van der Waals surface area contributed by atoms with Crippen LogP contribution in [0, 0.1) is 5.92 Å². The van der Waals surface area contributed by atoms with Crippen LogP contribution >= 0.6 is 0 Å². The molecular weight excluding hydrogens is 867 g/mol. The Morgan fingerprint density at radius 3 is 2.23 bits per heavy atom. The van der Waals surface area contributed by atoms with Crippen LogP contribution in [-0.4, -0.2) is 100 Å². The SMILES string of the molecule is C=C[C@@H]1C[C@]1(NC(=O)[C@@H]1C[C@@H](Oc2cc(-c3ccccc3)nc3cc(OC)ccc23)CN1C(=O)[C@H](CCO[Si](C)(C)C(C)(C)C)NC(=O)OC(C)(C)C)C(=O)NS(=O)(=O)c1ccccc1. The molecule has 3 aromatic carbocycles. The normalized spacial score (nSPS) is 20.3. The first-order chi connectivity index (χ1) is 30.5. The van der Waals surface area contributed by atoms with Crippen LogP contribution in [0.5, 0.6) is 11.5 Å². The van der Waals surface area contributed by atoms with Gasteiger partial charge in [-0.1, -0.05) is 75.4 Å². The molecule has 0 radical (unpaired) electrons. The zero-order valence-corrected chi connectivity index (χ0v) is 40.4. The Morgan fingerprint density at radius 1 is 0.969 bits per heavy atom. The fraction of sp³-hybridized carbons (Fsp3) is 0.438. The Hall–Kier alpha value is -5.78. The van der Waals surface area contributed by atoms with E-state index in [1.165, 1.54) is 35.2 Å². The number of nitrogens with zero attached hydrogens (tertiary/aromatic N) is 2. The van der Waals surface area contributed by atoms with Crippen LogP contribution in [0.3, 0.4) is 0 Å². The van der Waals surface area contributed by atoms with Gasteiger partial charge in [-0.2, -0.15) is 0 Å². The average Bonchev–Trinajstić information content (AvgIpc) is 3.80. The van der Waals surface area contributed by atoms with Crippen molar-refractivity contribution in [2.75, 3.05) is 20.3 Å². The first-order valence-electron chi connectivity index (χ1n) is 21.7. The number of rotatable bonds is 16. The number of amides is 4. The number of pyridine rings is 1. The number of hydrogen-bond acceptors (Lipinski definition) is 11. The van der Waals surface area contributed by atoms with Crippen LogP contribution in [0.2, 0.25) is 18.1 Å². The average molecular weight is 928 g/mol. The molecule has 3 N–H and O–H groups in total. The lowest BCUT2D eigenvalue weighted by Gasteiger charge is -2.37. The number of carbonyl (C=O) groups is 4. The Balaban J connectivity index is 1.36. The number of likely N-dealkylation sites (tertiary alicyclic amines) is 1. The third-order valence-electron chi connectivity index (χ3n) is 12.2. The molecule has 0 bridgehead atoms. The first kappa shape index (κ1) is 48.7. The summed E-state index contributed by atoms with van der Waals surface area (Å²) in [5.74, 6) is -1.84. The summed E-state index contributed by atoms with van der Waals surface area (Å²) in [4.78, 5) is 63.1. The summed E-state index contributed by atoms with van der Waals surface area (Å²) in [6, 6.07) is 21.7. The minimum Gasteiger partial charge on any atom is -0.497 e. The van der Waals surface area contributed by atoms with E-state index in [0.717, 1.165) is 5.56 Å². The van der Waals surface area contributed by atoms with Crippen molar-refractivity contribution in [2.45, 2.75) is 113 Å². The predicted molar refractivity (Wildman–Crippen MR) is 250 cm³/mol. The van der Waals surface area contributed by atoms with Crippen molar-refractivity contribution in [3.8, 4) is 22.8 Å². The number of methoxy groups -OCH3 is 1. The third kappa shape index (κ3) is 11.4. The van der Waals surface area contributed by atoms with Crippen LogP contribution in [-0.2, 0) is 33.6 Å². The van der Waals surface area contributed by atoms with Gasteiger partial charge in [-0.05, 0) is 76.0 Å². The number of sulfonamides is 1. The monoisotopic (exact) mass is 927 g/mol. The lowest BCUT2D eigenvalue weighted by Crippen LogP contribution is -2.58. The Labute approximate surface area is 382 Å². The maximum absolute atomic E-state index is 15.0. The molecule has 0 spiro atoms. The van der Waals surface area contributed by atoms with Crippen molar-refractivity contribution < 1.29 is 46.2 Å².